The first-order valence-corrected chi connectivity index (χ1v) is 11.8. The number of carbonyl (C=O) groups is 4. The first kappa shape index (κ1) is 29.5. The lowest BCUT2D eigenvalue weighted by Gasteiger charge is -2.27. The number of nitrogens with one attached hydrogen (secondary N) is 3. The number of carboxylic acid groups (broad SMARTS) is 1. The second-order valence-corrected chi connectivity index (χ2v) is 8.31. The lowest BCUT2D eigenvalue weighted by atomic mass is 9.97. The third-order valence-corrected chi connectivity index (χ3v) is 5.44. The van der Waals surface area contributed by atoms with Crippen molar-refractivity contribution in [2.75, 3.05) is 25.1 Å². The summed E-state index contributed by atoms with van der Waals surface area (Å²) < 4.78 is 0. The number of nitrogens with two attached hydrogens (primary N) is 3. The predicted molar refractivity (Wildman–Crippen MR) is 125 cm³/mol. The molecule has 0 aliphatic carbocycles. The van der Waals surface area contributed by atoms with E-state index in [1.807, 2.05) is 13.2 Å². The number of amides is 3. The highest BCUT2D eigenvalue weighted by molar-refractivity contribution is 7.98. The van der Waals surface area contributed by atoms with Gasteiger partial charge in [-0.3, -0.25) is 19.4 Å². The van der Waals surface area contributed by atoms with E-state index in [-0.39, 0.29) is 37.8 Å². The second kappa shape index (κ2) is 16.1. The highest BCUT2D eigenvalue weighted by atomic mass is 32.2. The maximum absolute atomic E-state index is 12.9. The molecule has 0 saturated carbocycles. The van der Waals surface area contributed by atoms with Crippen LogP contribution in [0.5, 0.6) is 0 Å². The Morgan fingerprint density at radius 2 is 1.69 bits per heavy atom. The van der Waals surface area contributed by atoms with E-state index >= 15 is 0 Å². The molecule has 0 rings (SSSR count). The molecule has 3 amide bonds. The second-order valence-electron chi connectivity index (χ2n) is 7.33. The van der Waals surface area contributed by atoms with Gasteiger partial charge in [-0.05, 0) is 37.2 Å². The van der Waals surface area contributed by atoms with E-state index in [9.17, 15) is 24.3 Å². The zero-order valence-electron chi connectivity index (χ0n) is 18.9. The van der Waals surface area contributed by atoms with Gasteiger partial charge in [0.25, 0.3) is 0 Å². The summed E-state index contributed by atoms with van der Waals surface area (Å²) in [7, 11) is 0. The van der Waals surface area contributed by atoms with Gasteiger partial charge in [-0.25, -0.2) is 4.79 Å². The molecule has 4 atom stereocenters. The number of carboxylic acids is 1. The predicted octanol–water partition coefficient (Wildman–Crippen LogP) is -1.66. The average Bonchev–Trinajstić information content (AvgIpc) is 2.75. The monoisotopic (exact) mass is 475 g/mol. The van der Waals surface area contributed by atoms with E-state index in [1.54, 1.807) is 6.92 Å². The van der Waals surface area contributed by atoms with Gasteiger partial charge in [-0.2, -0.15) is 11.8 Å². The summed E-state index contributed by atoms with van der Waals surface area (Å²) in [6, 6.07) is -2.99. The Hall–Kier alpha value is -2.54. The van der Waals surface area contributed by atoms with Gasteiger partial charge in [0.2, 0.25) is 17.7 Å². The fraction of sp³-hybridized carbons (Fsp3) is 0.737. The summed E-state index contributed by atoms with van der Waals surface area (Å²) in [6.45, 7) is 3.58. The summed E-state index contributed by atoms with van der Waals surface area (Å²) in [5, 5.41) is 17.1. The SMILES string of the molecule is CCC(C)C(NC(=O)C(CCCN=C(N)N)NC(=O)CN)C(=O)NC(CCSC)C(=O)O. The normalized spacial score (nSPS) is 14.4. The van der Waals surface area contributed by atoms with Crippen LogP contribution >= 0.6 is 11.8 Å². The van der Waals surface area contributed by atoms with E-state index in [1.165, 1.54) is 11.8 Å². The highest BCUT2D eigenvalue weighted by Crippen LogP contribution is 2.11. The highest BCUT2D eigenvalue weighted by Gasteiger charge is 2.31. The van der Waals surface area contributed by atoms with Crippen molar-refractivity contribution < 1.29 is 24.3 Å². The third-order valence-electron chi connectivity index (χ3n) is 4.80. The number of carbonyl (C=O) groups excluding carboxylic acids is 3. The summed E-state index contributed by atoms with van der Waals surface area (Å²) in [5.74, 6) is -2.64. The molecule has 4 unspecified atom stereocenters. The molecular formula is C19H37N7O5S. The molecule has 10 N–H and O–H groups in total. The van der Waals surface area contributed by atoms with Crippen molar-refractivity contribution in [1.82, 2.24) is 16.0 Å². The van der Waals surface area contributed by atoms with Crippen LogP contribution in [0.25, 0.3) is 0 Å². The number of nitrogens with zero attached hydrogens (tertiary/aromatic N) is 1. The molecule has 0 radical (unpaired) electrons. The molecular weight excluding hydrogens is 438 g/mol. The van der Waals surface area contributed by atoms with Gasteiger partial charge < -0.3 is 38.3 Å². The van der Waals surface area contributed by atoms with Gasteiger partial charge in [0.1, 0.15) is 18.1 Å². The minimum absolute atomic E-state index is 0.0834. The maximum Gasteiger partial charge on any atom is 0.326 e. The Morgan fingerprint density at radius 1 is 1.03 bits per heavy atom. The van der Waals surface area contributed by atoms with Crippen molar-refractivity contribution in [3.05, 3.63) is 0 Å². The Kier molecular flexibility index (Phi) is 14.9. The van der Waals surface area contributed by atoms with Crippen LogP contribution in [0.2, 0.25) is 0 Å². The molecule has 0 spiro atoms. The largest absolute Gasteiger partial charge is 0.480 e. The summed E-state index contributed by atoms with van der Waals surface area (Å²) in [5.41, 5.74) is 15.9. The molecule has 13 heteroatoms. The van der Waals surface area contributed by atoms with Crippen LogP contribution in [0.1, 0.15) is 39.5 Å². The number of guanidine groups is 1. The molecule has 0 heterocycles. The van der Waals surface area contributed by atoms with E-state index in [4.69, 9.17) is 17.2 Å². The van der Waals surface area contributed by atoms with Gasteiger partial charge in [0.05, 0.1) is 6.54 Å². The molecule has 0 aliphatic heterocycles. The molecule has 0 aliphatic rings. The number of aliphatic imine (C=N–C) groups is 1. The quantitative estimate of drug-likeness (QED) is 0.0771. The van der Waals surface area contributed by atoms with Gasteiger partial charge in [0, 0.05) is 6.54 Å². The Labute approximate surface area is 192 Å². The van der Waals surface area contributed by atoms with Crippen molar-refractivity contribution in [1.29, 1.82) is 0 Å². The van der Waals surface area contributed by atoms with Crippen LogP contribution < -0.4 is 33.2 Å². The van der Waals surface area contributed by atoms with Crippen LogP contribution in [-0.2, 0) is 19.2 Å². The third kappa shape index (κ3) is 11.7. The smallest absolute Gasteiger partial charge is 0.326 e. The van der Waals surface area contributed by atoms with Gasteiger partial charge in [0.15, 0.2) is 5.96 Å². The van der Waals surface area contributed by atoms with Crippen molar-refractivity contribution in [2.45, 2.75) is 57.7 Å². The zero-order valence-corrected chi connectivity index (χ0v) is 19.7. The van der Waals surface area contributed by atoms with Crippen LogP contribution in [0.4, 0.5) is 0 Å². The van der Waals surface area contributed by atoms with Gasteiger partial charge in [-0.1, -0.05) is 20.3 Å². The fourth-order valence-electron chi connectivity index (χ4n) is 2.74. The van der Waals surface area contributed by atoms with Crippen LogP contribution in [0, 0.1) is 5.92 Å². The molecule has 0 aromatic heterocycles. The minimum Gasteiger partial charge on any atom is -0.480 e. The molecule has 12 nitrogen and oxygen atoms in total. The summed E-state index contributed by atoms with van der Waals surface area (Å²) >= 11 is 1.47. The van der Waals surface area contributed by atoms with Crippen LogP contribution in [0.3, 0.4) is 0 Å². The van der Waals surface area contributed by atoms with E-state index in [0.717, 1.165) is 0 Å². The van der Waals surface area contributed by atoms with Gasteiger partial charge >= 0.3 is 5.97 Å². The van der Waals surface area contributed by atoms with Crippen molar-refractivity contribution >= 4 is 41.4 Å². The first-order valence-electron chi connectivity index (χ1n) is 10.4. The number of aliphatic carboxylic acids is 1. The lowest BCUT2D eigenvalue weighted by Crippen LogP contribution is -2.58. The summed E-state index contributed by atoms with van der Waals surface area (Å²) in [4.78, 5) is 52.8. The minimum atomic E-state index is -1.14. The molecule has 0 fully saturated rings. The number of thioether (sulfide) groups is 1. The number of hydrogen-bond donors (Lipinski definition) is 7. The number of rotatable bonds is 16. The molecule has 184 valence electrons. The molecule has 32 heavy (non-hydrogen) atoms. The average molecular weight is 476 g/mol. The van der Waals surface area contributed by atoms with Crippen LogP contribution in [0.15, 0.2) is 4.99 Å². The Morgan fingerprint density at radius 3 is 2.19 bits per heavy atom. The lowest BCUT2D eigenvalue weighted by molar-refractivity contribution is -0.142. The molecule has 0 aromatic carbocycles. The Bertz CT molecular complexity index is 658. The zero-order chi connectivity index (χ0) is 24.7. The maximum atomic E-state index is 12.9. The van der Waals surface area contributed by atoms with E-state index < -0.39 is 41.8 Å². The molecule has 0 saturated heterocycles. The Balaban J connectivity index is 5.39. The molecule has 0 bridgehead atoms. The fourth-order valence-corrected chi connectivity index (χ4v) is 3.21. The van der Waals surface area contributed by atoms with Crippen LogP contribution in [-0.4, -0.2) is 78.0 Å². The number of hydrogen-bond acceptors (Lipinski definition) is 7. The topological polar surface area (TPSA) is 215 Å². The van der Waals surface area contributed by atoms with Gasteiger partial charge in [-0.15, -0.1) is 0 Å². The summed E-state index contributed by atoms with van der Waals surface area (Å²) in [6.07, 6.45) is 3.27. The van der Waals surface area contributed by atoms with E-state index in [0.29, 0.717) is 18.6 Å². The first-order chi connectivity index (χ1) is 15.1. The van der Waals surface area contributed by atoms with Crippen molar-refractivity contribution in [3.8, 4) is 0 Å². The van der Waals surface area contributed by atoms with E-state index in [2.05, 4.69) is 20.9 Å². The van der Waals surface area contributed by atoms with Crippen molar-refractivity contribution in [3.63, 3.8) is 0 Å². The standard InChI is InChI=1S/C19H37N7O5S/c1-4-11(2)15(17(29)25-13(18(30)31)7-9-32-3)26-16(28)12(24-14(27)10-20)6-5-8-23-19(21)22/h11-13,15H,4-10,20H2,1-3H3,(H,24,27)(H,25,29)(H,26,28)(H,30,31)(H4,21,22,23). The molecule has 0 aromatic rings. The van der Waals surface area contributed by atoms with Crippen molar-refractivity contribution in [2.24, 2.45) is 28.1 Å².